The molecule has 7 heteroatoms. The average molecular weight is 472 g/mol. The largest absolute Gasteiger partial charge is 0.369 e. The summed E-state index contributed by atoms with van der Waals surface area (Å²) in [6.45, 7) is 4.05. The van der Waals surface area contributed by atoms with E-state index in [0.717, 1.165) is 59.6 Å². The molecular weight excluding hydrogens is 451 g/mol. The maximum absolute atomic E-state index is 6.66. The highest BCUT2D eigenvalue weighted by molar-refractivity contribution is 6.42. The molecule has 5 rings (SSSR count). The minimum Gasteiger partial charge on any atom is -0.369 e. The molecule has 2 aromatic heterocycles. The van der Waals surface area contributed by atoms with E-state index in [1.807, 2.05) is 31.3 Å². The molecule has 0 aliphatic carbocycles. The molecule has 1 fully saturated rings. The first-order valence-corrected chi connectivity index (χ1v) is 11.3. The molecule has 1 N–H and O–H groups in total. The van der Waals surface area contributed by atoms with Crippen molar-refractivity contribution in [3.8, 4) is 22.4 Å². The predicted octanol–water partition coefficient (Wildman–Crippen LogP) is 6.28. The van der Waals surface area contributed by atoms with E-state index in [1.165, 1.54) is 5.69 Å². The SMILES string of the molecule is Cn1c(-c2ccc(N3CCNCC3)cc2)c(-c2ccc(Cl)c(Cl)c2)c2c(Cl)ccnc21. The van der Waals surface area contributed by atoms with Crippen LogP contribution in [0.5, 0.6) is 0 Å². The quantitative estimate of drug-likeness (QED) is 0.382. The Kier molecular flexibility index (Phi) is 5.57. The molecule has 31 heavy (non-hydrogen) atoms. The number of fused-ring (bicyclic) bond motifs is 1. The lowest BCUT2D eigenvalue weighted by molar-refractivity contribution is 0.589. The number of hydrogen-bond acceptors (Lipinski definition) is 3. The van der Waals surface area contributed by atoms with Crippen LogP contribution in [0.2, 0.25) is 15.1 Å². The summed E-state index contributed by atoms with van der Waals surface area (Å²) in [5, 5.41) is 6.00. The molecule has 0 atom stereocenters. The van der Waals surface area contributed by atoms with Crippen LogP contribution in [-0.4, -0.2) is 35.7 Å². The summed E-state index contributed by atoms with van der Waals surface area (Å²) in [7, 11) is 2.02. The second-order valence-electron chi connectivity index (χ2n) is 7.69. The highest BCUT2D eigenvalue weighted by Crippen LogP contribution is 2.44. The van der Waals surface area contributed by atoms with Crippen LogP contribution in [-0.2, 0) is 7.05 Å². The van der Waals surface area contributed by atoms with Gasteiger partial charge in [-0.1, -0.05) is 53.0 Å². The second-order valence-corrected chi connectivity index (χ2v) is 8.91. The number of nitrogens with zero attached hydrogens (tertiary/aromatic N) is 3. The van der Waals surface area contributed by atoms with Crippen LogP contribution in [0.3, 0.4) is 0 Å². The first-order valence-electron chi connectivity index (χ1n) is 10.2. The van der Waals surface area contributed by atoms with Gasteiger partial charge in [-0.25, -0.2) is 4.98 Å². The number of benzene rings is 2. The Morgan fingerprint density at radius 1 is 0.839 bits per heavy atom. The van der Waals surface area contributed by atoms with Gasteiger partial charge in [0.1, 0.15) is 5.65 Å². The van der Waals surface area contributed by atoms with Gasteiger partial charge in [0.2, 0.25) is 0 Å². The summed E-state index contributed by atoms with van der Waals surface area (Å²) in [6, 6.07) is 16.2. The number of nitrogens with one attached hydrogen (secondary N) is 1. The van der Waals surface area contributed by atoms with Gasteiger partial charge in [-0.15, -0.1) is 0 Å². The fraction of sp³-hybridized carbons (Fsp3) is 0.208. The van der Waals surface area contributed by atoms with Gasteiger partial charge in [-0.2, -0.15) is 0 Å². The van der Waals surface area contributed by atoms with Crippen LogP contribution in [0.1, 0.15) is 0 Å². The highest BCUT2D eigenvalue weighted by atomic mass is 35.5. The fourth-order valence-corrected chi connectivity index (χ4v) is 4.86. The Morgan fingerprint density at radius 3 is 2.26 bits per heavy atom. The van der Waals surface area contributed by atoms with E-state index >= 15 is 0 Å². The van der Waals surface area contributed by atoms with Crippen molar-refractivity contribution in [3.63, 3.8) is 0 Å². The minimum absolute atomic E-state index is 0.510. The van der Waals surface area contributed by atoms with Crippen molar-refractivity contribution in [1.29, 1.82) is 0 Å². The van der Waals surface area contributed by atoms with Gasteiger partial charge in [0.15, 0.2) is 0 Å². The number of piperazine rings is 1. The number of hydrogen-bond donors (Lipinski definition) is 1. The first-order chi connectivity index (χ1) is 15.0. The first kappa shape index (κ1) is 20.7. The smallest absolute Gasteiger partial charge is 0.142 e. The lowest BCUT2D eigenvalue weighted by atomic mass is 9.98. The Balaban J connectivity index is 1.70. The van der Waals surface area contributed by atoms with E-state index in [4.69, 9.17) is 34.8 Å². The number of halogens is 3. The zero-order chi connectivity index (χ0) is 21.5. The molecule has 4 nitrogen and oxygen atoms in total. The van der Waals surface area contributed by atoms with E-state index in [2.05, 4.69) is 44.0 Å². The maximum atomic E-state index is 6.66. The fourth-order valence-electron chi connectivity index (χ4n) is 4.33. The van der Waals surface area contributed by atoms with Gasteiger partial charge in [-0.05, 0) is 41.5 Å². The summed E-state index contributed by atoms with van der Waals surface area (Å²) >= 11 is 19.2. The maximum Gasteiger partial charge on any atom is 0.142 e. The standard InChI is InChI=1S/C24H21Cl3N4/c1-30-23(15-2-5-17(6-3-15)31-12-10-28-11-13-31)21(16-4-7-18(25)20(27)14-16)22-19(26)8-9-29-24(22)30/h2-9,14,28H,10-13H2,1H3. The van der Waals surface area contributed by atoms with Crippen LogP contribution >= 0.6 is 34.8 Å². The van der Waals surface area contributed by atoms with Gasteiger partial charge in [0.25, 0.3) is 0 Å². The van der Waals surface area contributed by atoms with Crippen LogP contribution in [0, 0.1) is 0 Å². The summed E-state index contributed by atoms with van der Waals surface area (Å²) in [6.07, 6.45) is 1.74. The number of aromatic nitrogens is 2. The van der Waals surface area contributed by atoms with Crippen molar-refractivity contribution in [3.05, 3.63) is 69.8 Å². The Morgan fingerprint density at radius 2 is 1.55 bits per heavy atom. The molecule has 1 saturated heterocycles. The molecule has 0 unspecified atom stereocenters. The van der Waals surface area contributed by atoms with Crippen LogP contribution in [0.25, 0.3) is 33.4 Å². The molecule has 0 spiro atoms. The third-order valence-corrected chi connectivity index (χ3v) is 6.91. The van der Waals surface area contributed by atoms with Gasteiger partial charge in [0, 0.05) is 56.1 Å². The van der Waals surface area contributed by atoms with Crippen LogP contribution < -0.4 is 10.2 Å². The molecule has 1 aliphatic heterocycles. The second kappa shape index (κ2) is 8.36. The van der Waals surface area contributed by atoms with Crippen LogP contribution in [0.4, 0.5) is 5.69 Å². The van der Waals surface area contributed by atoms with Crippen molar-refractivity contribution < 1.29 is 0 Å². The zero-order valence-corrected chi connectivity index (χ0v) is 19.3. The third-order valence-electron chi connectivity index (χ3n) is 5.85. The number of pyridine rings is 1. The van der Waals surface area contributed by atoms with Gasteiger partial charge in [0.05, 0.1) is 20.8 Å². The molecule has 0 bridgehead atoms. The molecule has 158 valence electrons. The number of rotatable bonds is 3. The van der Waals surface area contributed by atoms with Crippen molar-refractivity contribution in [2.75, 3.05) is 31.1 Å². The van der Waals surface area contributed by atoms with Crippen molar-refractivity contribution in [2.24, 2.45) is 7.05 Å². The monoisotopic (exact) mass is 470 g/mol. The molecule has 0 radical (unpaired) electrons. The normalized spacial score (nSPS) is 14.4. The van der Waals surface area contributed by atoms with Crippen molar-refractivity contribution >= 4 is 51.5 Å². The Hall–Kier alpha value is -2.24. The van der Waals surface area contributed by atoms with Crippen molar-refractivity contribution in [1.82, 2.24) is 14.9 Å². The summed E-state index contributed by atoms with van der Waals surface area (Å²) < 4.78 is 2.10. The number of anilines is 1. The topological polar surface area (TPSA) is 33.1 Å². The van der Waals surface area contributed by atoms with Crippen LogP contribution in [0.15, 0.2) is 54.7 Å². The molecule has 4 aromatic rings. The summed E-state index contributed by atoms with van der Waals surface area (Å²) in [4.78, 5) is 7.01. The van der Waals surface area contributed by atoms with E-state index in [9.17, 15) is 0 Å². The molecule has 0 amide bonds. The Labute approximate surface area is 196 Å². The summed E-state index contributed by atoms with van der Waals surface area (Å²) in [5.74, 6) is 0. The van der Waals surface area contributed by atoms with Gasteiger partial charge < -0.3 is 14.8 Å². The predicted molar refractivity (Wildman–Crippen MR) is 132 cm³/mol. The van der Waals surface area contributed by atoms with E-state index in [1.54, 1.807) is 6.20 Å². The zero-order valence-electron chi connectivity index (χ0n) is 17.0. The van der Waals surface area contributed by atoms with E-state index in [0.29, 0.717) is 15.1 Å². The minimum atomic E-state index is 0.510. The summed E-state index contributed by atoms with van der Waals surface area (Å²) in [5.41, 5.74) is 6.16. The average Bonchev–Trinajstić information content (AvgIpc) is 3.10. The lowest BCUT2D eigenvalue weighted by Crippen LogP contribution is -2.43. The Bertz CT molecular complexity index is 1260. The molecular formula is C24H21Cl3N4. The molecule has 1 aliphatic rings. The molecule has 0 saturated carbocycles. The number of aryl methyl sites for hydroxylation is 1. The third kappa shape index (κ3) is 3.68. The van der Waals surface area contributed by atoms with E-state index < -0.39 is 0 Å². The van der Waals surface area contributed by atoms with E-state index in [-0.39, 0.29) is 0 Å². The highest BCUT2D eigenvalue weighted by Gasteiger charge is 2.22. The molecule has 2 aromatic carbocycles. The van der Waals surface area contributed by atoms with Gasteiger partial charge >= 0.3 is 0 Å². The van der Waals surface area contributed by atoms with Gasteiger partial charge in [-0.3, -0.25) is 0 Å². The van der Waals surface area contributed by atoms with Crippen molar-refractivity contribution in [2.45, 2.75) is 0 Å². The molecule has 3 heterocycles. The lowest BCUT2D eigenvalue weighted by Gasteiger charge is -2.29.